The second-order valence-corrected chi connectivity index (χ2v) is 11.4. The van der Waals surface area contributed by atoms with Gasteiger partial charge >= 0.3 is 11.0 Å². The molecule has 26 heavy (non-hydrogen) atoms. The van der Waals surface area contributed by atoms with Crippen LogP contribution in [0.4, 0.5) is 26.3 Å². The molecule has 20 heteroatoms. The van der Waals surface area contributed by atoms with Gasteiger partial charge in [-0.15, -0.1) is 0 Å². The predicted octanol–water partition coefficient (Wildman–Crippen LogP) is 0.873. The van der Waals surface area contributed by atoms with Gasteiger partial charge in [0, 0.05) is 11.5 Å². The Hall–Kier alpha value is -0.700. The van der Waals surface area contributed by atoms with E-state index >= 15 is 0 Å². The first-order valence-corrected chi connectivity index (χ1v) is 11.8. The Balaban J connectivity index is 4.77. The van der Waals surface area contributed by atoms with E-state index in [4.69, 9.17) is 0 Å². The monoisotopic (exact) mass is 478 g/mol. The molecule has 0 bridgehead atoms. The molecule has 0 rings (SSSR count). The first kappa shape index (κ1) is 25.3. The van der Waals surface area contributed by atoms with Crippen LogP contribution in [0.5, 0.6) is 0 Å². The third kappa shape index (κ3) is 7.90. The summed E-state index contributed by atoms with van der Waals surface area (Å²) >= 11 is 0. The molecular formula is C6H8F6N2O8S4-2. The van der Waals surface area contributed by atoms with Crippen LogP contribution in [0.3, 0.4) is 0 Å². The zero-order chi connectivity index (χ0) is 21.2. The number of nitrogens with zero attached hydrogens (tertiary/aromatic N) is 2. The Labute approximate surface area is 144 Å². The lowest BCUT2D eigenvalue weighted by atomic mass is 10.4. The van der Waals surface area contributed by atoms with Gasteiger partial charge in [0.15, 0.2) is 20.0 Å². The second kappa shape index (κ2) is 7.73. The Kier molecular flexibility index (Phi) is 7.53. The van der Waals surface area contributed by atoms with Gasteiger partial charge in [0.05, 0.1) is 20.0 Å². The molecular weight excluding hydrogens is 470 g/mol. The topological polar surface area (TPSA) is 165 Å². The van der Waals surface area contributed by atoms with Gasteiger partial charge in [-0.25, -0.2) is 33.7 Å². The molecule has 0 amide bonds. The minimum absolute atomic E-state index is 0.861. The maximum Gasteiger partial charge on any atom is 0.480 e. The van der Waals surface area contributed by atoms with Crippen molar-refractivity contribution in [3.05, 3.63) is 8.25 Å². The van der Waals surface area contributed by atoms with Gasteiger partial charge < -0.3 is 8.25 Å². The highest BCUT2D eigenvalue weighted by molar-refractivity contribution is 8.13. The Morgan fingerprint density at radius 2 is 0.769 bits per heavy atom. The van der Waals surface area contributed by atoms with Crippen molar-refractivity contribution in [1.82, 2.24) is 0 Å². The van der Waals surface area contributed by atoms with Gasteiger partial charge in [-0.3, -0.25) is 0 Å². The van der Waals surface area contributed by atoms with Crippen molar-refractivity contribution < 1.29 is 60.0 Å². The third-order valence-electron chi connectivity index (χ3n) is 2.06. The van der Waals surface area contributed by atoms with E-state index in [-0.39, 0.29) is 0 Å². The van der Waals surface area contributed by atoms with Gasteiger partial charge in [-0.1, -0.05) is 0 Å². The van der Waals surface area contributed by atoms with Crippen LogP contribution in [0.1, 0.15) is 12.8 Å². The van der Waals surface area contributed by atoms with Crippen molar-refractivity contribution in [2.75, 3.05) is 11.5 Å². The van der Waals surface area contributed by atoms with Crippen LogP contribution in [0.2, 0.25) is 0 Å². The van der Waals surface area contributed by atoms with Gasteiger partial charge in [-0.05, 0) is 12.8 Å². The van der Waals surface area contributed by atoms with Crippen LogP contribution in [0.15, 0.2) is 0 Å². The summed E-state index contributed by atoms with van der Waals surface area (Å²) in [5.74, 6) is -2.80. The smallest absolute Gasteiger partial charge is 0.428 e. The van der Waals surface area contributed by atoms with Crippen molar-refractivity contribution >= 4 is 40.1 Å². The highest BCUT2D eigenvalue weighted by atomic mass is 32.3. The largest absolute Gasteiger partial charge is 0.480 e. The molecule has 0 saturated heterocycles. The second-order valence-electron chi connectivity index (χ2n) is 4.27. The standard InChI is InChI=1S/C6H8F6N2O8S4/c7-5(8,9)25(19,20)13-23(15,16)3-1-2-4-24(17,18)14-26(21,22)6(10,11)12/h1-4H2/q-2. The average molecular weight is 478 g/mol. The summed E-state index contributed by atoms with van der Waals surface area (Å²) in [4.78, 5) is 0. The maximum atomic E-state index is 12.0. The number of alkyl halides is 6. The molecule has 0 saturated carbocycles. The van der Waals surface area contributed by atoms with Crippen LogP contribution < -0.4 is 0 Å². The minimum atomic E-state index is -6.37. The zero-order valence-corrected chi connectivity index (χ0v) is 15.2. The van der Waals surface area contributed by atoms with Gasteiger partial charge in [-0.2, -0.15) is 26.3 Å². The zero-order valence-electron chi connectivity index (χ0n) is 11.9. The molecule has 0 fully saturated rings. The van der Waals surface area contributed by atoms with E-state index < -0.39 is 75.5 Å². The number of rotatable bonds is 9. The summed E-state index contributed by atoms with van der Waals surface area (Å²) in [5, 5.41) is 0. The Morgan fingerprint density at radius 3 is 0.962 bits per heavy atom. The van der Waals surface area contributed by atoms with E-state index in [2.05, 4.69) is 0 Å². The number of halogens is 6. The van der Waals surface area contributed by atoms with Crippen LogP contribution in [-0.2, 0) is 40.1 Å². The fourth-order valence-electron chi connectivity index (χ4n) is 1.03. The molecule has 0 aliphatic heterocycles. The van der Waals surface area contributed by atoms with Crippen molar-refractivity contribution in [2.45, 2.75) is 23.9 Å². The molecule has 0 atom stereocenters. The van der Waals surface area contributed by atoms with E-state index in [0.717, 1.165) is 0 Å². The molecule has 0 N–H and O–H groups in total. The van der Waals surface area contributed by atoms with E-state index in [1.807, 2.05) is 0 Å². The SMILES string of the molecule is O=S(=O)(CCCCS(=O)(=O)[N-]S(=O)(=O)C(F)(F)F)[N-]S(=O)(=O)C(F)(F)F. The van der Waals surface area contributed by atoms with E-state index in [1.54, 1.807) is 8.25 Å². The highest BCUT2D eigenvalue weighted by Crippen LogP contribution is 2.31. The number of hydrogen-bond acceptors (Lipinski definition) is 8. The molecule has 158 valence electrons. The summed E-state index contributed by atoms with van der Waals surface area (Å²) in [6.45, 7) is 0. The van der Waals surface area contributed by atoms with Crippen LogP contribution >= 0.6 is 0 Å². The van der Waals surface area contributed by atoms with Crippen LogP contribution in [0.25, 0.3) is 8.25 Å². The highest BCUT2D eigenvalue weighted by Gasteiger charge is 2.41. The minimum Gasteiger partial charge on any atom is -0.428 e. The molecule has 0 aliphatic rings. The lowest BCUT2D eigenvalue weighted by Crippen LogP contribution is -2.25. The predicted molar refractivity (Wildman–Crippen MR) is 73.5 cm³/mol. The summed E-state index contributed by atoms with van der Waals surface area (Å²) in [6, 6.07) is 0. The lowest BCUT2D eigenvalue weighted by molar-refractivity contribution is -0.0431. The van der Waals surface area contributed by atoms with Gasteiger partial charge in [0.1, 0.15) is 0 Å². The number of hydrogen-bond donors (Lipinski definition) is 0. The summed E-state index contributed by atoms with van der Waals surface area (Å²) < 4.78 is 162. The summed E-state index contributed by atoms with van der Waals surface area (Å²) in [5.41, 5.74) is -12.0. The molecule has 10 nitrogen and oxygen atoms in total. The van der Waals surface area contributed by atoms with Crippen molar-refractivity contribution in [3.8, 4) is 0 Å². The first-order chi connectivity index (χ1) is 11.1. The van der Waals surface area contributed by atoms with Gasteiger partial charge in [0.2, 0.25) is 0 Å². The Bertz CT molecular complexity index is 837. The third-order valence-corrected chi connectivity index (χ3v) is 8.23. The Morgan fingerprint density at radius 1 is 0.538 bits per heavy atom. The summed E-state index contributed by atoms with van der Waals surface area (Å²) in [6.07, 6.45) is -1.72. The first-order valence-electron chi connectivity index (χ1n) is 5.68. The van der Waals surface area contributed by atoms with Crippen LogP contribution in [0, 0.1) is 0 Å². The van der Waals surface area contributed by atoms with E-state index in [0.29, 0.717) is 0 Å². The molecule has 0 radical (unpaired) electrons. The number of unbranched alkanes of at least 4 members (excludes halogenated alkanes) is 1. The fourth-order valence-corrected chi connectivity index (χ4v) is 5.83. The molecule has 0 heterocycles. The molecule has 0 aromatic rings. The fraction of sp³-hybridized carbons (Fsp3) is 1.00. The van der Waals surface area contributed by atoms with E-state index in [1.165, 1.54) is 0 Å². The van der Waals surface area contributed by atoms with Crippen molar-refractivity contribution in [2.24, 2.45) is 0 Å². The van der Waals surface area contributed by atoms with Crippen molar-refractivity contribution in [3.63, 3.8) is 0 Å². The summed E-state index contributed by atoms with van der Waals surface area (Å²) in [7, 11) is -23.1. The number of sulfonamides is 4. The molecule has 0 spiro atoms. The van der Waals surface area contributed by atoms with Crippen LogP contribution in [-0.4, -0.2) is 56.2 Å². The van der Waals surface area contributed by atoms with E-state index in [9.17, 15) is 60.0 Å². The molecule has 0 aromatic heterocycles. The molecule has 0 aromatic carbocycles. The van der Waals surface area contributed by atoms with Gasteiger partial charge in [0.25, 0.3) is 0 Å². The maximum absolute atomic E-state index is 12.0. The normalized spacial score (nSPS) is 15.2. The quantitative estimate of drug-likeness (QED) is 0.348. The lowest BCUT2D eigenvalue weighted by Gasteiger charge is -2.23. The molecule has 0 aliphatic carbocycles. The van der Waals surface area contributed by atoms with Crippen molar-refractivity contribution in [1.29, 1.82) is 0 Å². The molecule has 0 unspecified atom stereocenters. The average Bonchev–Trinajstić information content (AvgIpc) is 2.29.